The van der Waals surface area contributed by atoms with Crippen LogP contribution in [-0.2, 0) is 22.7 Å². The third-order valence-corrected chi connectivity index (χ3v) is 6.89. The van der Waals surface area contributed by atoms with Gasteiger partial charge in [0.15, 0.2) is 0 Å². The molecule has 2 bridgehead atoms. The average Bonchev–Trinajstić information content (AvgIpc) is 3.12. The highest BCUT2D eigenvalue weighted by atomic mass is 16.2. The molecule has 3 aliphatic heterocycles. The molecule has 3 N–H and O–H groups in total. The largest absolute Gasteiger partial charge is 0.327 e. The van der Waals surface area contributed by atoms with Crippen LogP contribution in [0.4, 0.5) is 0 Å². The van der Waals surface area contributed by atoms with E-state index in [1.807, 2.05) is 18.2 Å². The summed E-state index contributed by atoms with van der Waals surface area (Å²) in [6.07, 6.45) is 3.01. The normalized spacial score (nSPS) is 32.6. The number of nitrogens with two attached hydrogens (primary N) is 1. The van der Waals surface area contributed by atoms with E-state index in [0.29, 0.717) is 30.8 Å². The van der Waals surface area contributed by atoms with Gasteiger partial charge in [-0.15, -0.1) is 0 Å². The molecule has 3 fully saturated rings. The molecule has 0 spiro atoms. The number of imide groups is 1. The van der Waals surface area contributed by atoms with Crippen molar-refractivity contribution >= 4 is 17.7 Å². The van der Waals surface area contributed by atoms with Crippen LogP contribution < -0.4 is 11.1 Å². The van der Waals surface area contributed by atoms with E-state index in [9.17, 15) is 14.4 Å². The minimum Gasteiger partial charge on any atom is -0.327 e. The summed E-state index contributed by atoms with van der Waals surface area (Å²) in [5, 5.41) is 2.36. The molecule has 7 heteroatoms. The zero-order chi connectivity index (χ0) is 19.4. The highest BCUT2D eigenvalue weighted by molar-refractivity contribution is 6.05. The maximum Gasteiger partial charge on any atom is 0.255 e. The molecule has 5 rings (SSSR count). The van der Waals surface area contributed by atoms with E-state index in [1.54, 1.807) is 4.90 Å². The fraction of sp³-hybridized carbons (Fsp3) is 0.571. The van der Waals surface area contributed by atoms with Crippen molar-refractivity contribution in [2.45, 2.75) is 50.9 Å². The van der Waals surface area contributed by atoms with Crippen LogP contribution in [0.15, 0.2) is 18.2 Å². The van der Waals surface area contributed by atoms with Crippen molar-refractivity contribution in [1.29, 1.82) is 0 Å². The Labute approximate surface area is 164 Å². The first-order valence-electron chi connectivity index (χ1n) is 10.2. The Morgan fingerprint density at radius 3 is 2.79 bits per heavy atom. The topological polar surface area (TPSA) is 95.7 Å². The van der Waals surface area contributed by atoms with E-state index in [1.165, 1.54) is 6.42 Å². The third kappa shape index (κ3) is 2.93. The molecule has 3 heterocycles. The number of hydrogen-bond acceptors (Lipinski definition) is 5. The summed E-state index contributed by atoms with van der Waals surface area (Å²) >= 11 is 0. The lowest BCUT2D eigenvalue weighted by atomic mass is 9.96. The standard InChI is InChI=1S/C21H26N4O3/c22-16-7-12-6-15(16)10-24(8-12)9-13-2-1-3-14-11-25(21(28)19(13)14)17-4-5-18(26)23-20(17)27/h1-3,12,15-17H,4-11,22H2,(H,23,26,27). The van der Waals surface area contributed by atoms with Gasteiger partial charge >= 0.3 is 0 Å². The Hall–Kier alpha value is -2.25. The lowest BCUT2D eigenvalue weighted by Gasteiger charge is -2.32. The van der Waals surface area contributed by atoms with E-state index in [2.05, 4.69) is 10.2 Å². The molecule has 3 amide bonds. The third-order valence-electron chi connectivity index (χ3n) is 6.89. The molecular weight excluding hydrogens is 356 g/mol. The van der Waals surface area contributed by atoms with E-state index in [-0.39, 0.29) is 24.1 Å². The van der Waals surface area contributed by atoms with Crippen LogP contribution in [0.1, 0.15) is 47.2 Å². The molecule has 4 atom stereocenters. The Balaban J connectivity index is 1.36. The zero-order valence-corrected chi connectivity index (χ0v) is 15.9. The number of nitrogens with one attached hydrogen (secondary N) is 1. The first-order chi connectivity index (χ1) is 13.5. The molecule has 2 saturated heterocycles. The van der Waals surface area contributed by atoms with Crippen molar-refractivity contribution < 1.29 is 14.4 Å². The lowest BCUT2D eigenvalue weighted by molar-refractivity contribution is -0.136. The van der Waals surface area contributed by atoms with Gasteiger partial charge in [0.2, 0.25) is 11.8 Å². The molecule has 7 nitrogen and oxygen atoms in total. The number of amides is 3. The summed E-state index contributed by atoms with van der Waals surface area (Å²) in [5.74, 6) is 0.522. The van der Waals surface area contributed by atoms with Crippen molar-refractivity contribution in [3.05, 3.63) is 34.9 Å². The molecule has 4 aliphatic rings. The molecule has 0 aromatic heterocycles. The molecule has 1 aliphatic carbocycles. The molecule has 4 unspecified atom stereocenters. The second-order valence-corrected chi connectivity index (χ2v) is 8.81. The molecule has 1 aromatic rings. The number of likely N-dealkylation sites (tertiary alicyclic amines) is 1. The highest BCUT2D eigenvalue weighted by Gasteiger charge is 2.41. The number of carbonyl (C=O) groups is 3. The van der Waals surface area contributed by atoms with Crippen molar-refractivity contribution in [3.63, 3.8) is 0 Å². The molecule has 28 heavy (non-hydrogen) atoms. The van der Waals surface area contributed by atoms with Crippen molar-refractivity contribution in [2.24, 2.45) is 17.6 Å². The van der Waals surface area contributed by atoms with Crippen LogP contribution in [0.25, 0.3) is 0 Å². The Morgan fingerprint density at radius 1 is 1.14 bits per heavy atom. The number of hydrogen-bond donors (Lipinski definition) is 2. The number of carbonyl (C=O) groups excluding carboxylic acids is 3. The van der Waals surface area contributed by atoms with Crippen LogP contribution in [0.5, 0.6) is 0 Å². The second-order valence-electron chi connectivity index (χ2n) is 8.81. The van der Waals surface area contributed by atoms with E-state index in [4.69, 9.17) is 5.73 Å². The van der Waals surface area contributed by atoms with Crippen LogP contribution in [0.3, 0.4) is 0 Å². The fourth-order valence-electron chi connectivity index (χ4n) is 5.60. The minimum absolute atomic E-state index is 0.0863. The smallest absolute Gasteiger partial charge is 0.255 e. The SMILES string of the molecule is NC1CC2CC1CN(Cc1cccc3c1C(=O)N(C1CCC(=O)NC1=O)C3)C2. The van der Waals surface area contributed by atoms with Crippen LogP contribution >= 0.6 is 0 Å². The number of benzene rings is 1. The first kappa shape index (κ1) is 17.8. The predicted octanol–water partition coefficient (Wildman–Crippen LogP) is 0.617. The Kier molecular flexibility index (Phi) is 4.25. The number of fused-ring (bicyclic) bond motifs is 3. The van der Waals surface area contributed by atoms with Gasteiger partial charge in [-0.2, -0.15) is 0 Å². The number of piperidine rings is 2. The van der Waals surface area contributed by atoms with Gasteiger partial charge < -0.3 is 10.6 Å². The maximum absolute atomic E-state index is 13.2. The number of nitrogens with zero attached hydrogens (tertiary/aromatic N) is 2. The van der Waals surface area contributed by atoms with E-state index in [0.717, 1.165) is 42.7 Å². The van der Waals surface area contributed by atoms with Crippen LogP contribution in [-0.4, -0.2) is 52.7 Å². The monoisotopic (exact) mass is 382 g/mol. The van der Waals surface area contributed by atoms with Gasteiger partial charge in [0.1, 0.15) is 6.04 Å². The maximum atomic E-state index is 13.2. The number of rotatable bonds is 3. The first-order valence-corrected chi connectivity index (χ1v) is 10.2. The predicted molar refractivity (Wildman–Crippen MR) is 102 cm³/mol. The summed E-state index contributed by atoms with van der Waals surface area (Å²) < 4.78 is 0. The van der Waals surface area contributed by atoms with Gasteiger partial charge in [-0.25, -0.2) is 0 Å². The van der Waals surface area contributed by atoms with Gasteiger partial charge in [0, 0.05) is 44.2 Å². The molecule has 1 aromatic carbocycles. The van der Waals surface area contributed by atoms with Crippen molar-refractivity contribution in [2.75, 3.05) is 13.1 Å². The molecule has 0 radical (unpaired) electrons. The average molecular weight is 382 g/mol. The summed E-state index contributed by atoms with van der Waals surface area (Å²) in [7, 11) is 0. The lowest BCUT2D eigenvalue weighted by Crippen LogP contribution is -2.52. The fourth-order valence-corrected chi connectivity index (χ4v) is 5.60. The summed E-state index contributed by atoms with van der Waals surface area (Å²) in [4.78, 5) is 41.0. The Morgan fingerprint density at radius 2 is 2.00 bits per heavy atom. The van der Waals surface area contributed by atoms with Crippen molar-refractivity contribution in [1.82, 2.24) is 15.1 Å². The van der Waals surface area contributed by atoms with Gasteiger partial charge in [0.05, 0.1) is 0 Å². The van der Waals surface area contributed by atoms with E-state index < -0.39 is 6.04 Å². The summed E-state index contributed by atoms with van der Waals surface area (Å²) in [6.45, 7) is 3.22. The van der Waals surface area contributed by atoms with Crippen LogP contribution in [0, 0.1) is 11.8 Å². The summed E-state index contributed by atoms with van der Waals surface area (Å²) in [5.41, 5.74) is 9.02. The zero-order valence-electron chi connectivity index (χ0n) is 15.9. The van der Waals surface area contributed by atoms with Gasteiger partial charge in [-0.3, -0.25) is 24.6 Å². The van der Waals surface area contributed by atoms with Crippen LogP contribution in [0.2, 0.25) is 0 Å². The quantitative estimate of drug-likeness (QED) is 0.747. The van der Waals surface area contributed by atoms with Gasteiger partial charge in [-0.05, 0) is 42.2 Å². The van der Waals surface area contributed by atoms with Gasteiger partial charge in [-0.1, -0.05) is 18.2 Å². The minimum atomic E-state index is -0.561. The second kappa shape index (κ2) is 6.67. The van der Waals surface area contributed by atoms with Crippen molar-refractivity contribution in [3.8, 4) is 0 Å². The molecular formula is C21H26N4O3. The Bertz CT molecular complexity index is 852. The van der Waals surface area contributed by atoms with E-state index >= 15 is 0 Å². The summed E-state index contributed by atoms with van der Waals surface area (Å²) in [6, 6.07) is 5.75. The van der Waals surface area contributed by atoms with Gasteiger partial charge in [0.25, 0.3) is 5.91 Å². The molecule has 148 valence electrons. The molecule has 1 saturated carbocycles. The highest BCUT2D eigenvalue weighted by Crippen LogP contribution is 2.37.